The summed E-state index contributed by atoms with van der Waals surface area (Å²) in [7, 11) is 0. The normalized spacial score (nSPS) is 13.6. The Morgan fingerprint density at radius 1 is 1.10 bits per heavy atom. The van der Waals surface area contributed by atoms with Gasteiger partial charge in [-0.2, -0.15) is 0 Å². The van der Waals surface area contributed by atoms with Crippen LogP contribution in [0, 0.1) is 0 Å². The fourth-order valence-corrected chi connectivity index (χ4v) is 2.52. The van der Waals surface area contributed by atoms with Gasteiger partial charge in [-0.1, -0.05) is 42.5 Å². The molecule has 3 heteroatoms. The van der Waals surface area contributed by atoms with E-state index in [1.165, 1.54) is 5.56 Å². The summed E-state index contributed by atoms with van der Waals surface area (Å²) in [6.07, 6.45) is 0.881. The first-order valence-corrected chi connectivity index (χ1v) is 6.87. The molecule has 1 aliphatic rings. The topological polar surface area (TPSA) is 38.3 Å². The minimum absolute atomic E-state index is 0.229. The predicted octanol–water partition coefficient (Wildman–Crippen LogP) is 2.69. The van der Waals surface area contributed by atoms with Crippen molar-refractivity contribution in [2.45, 2.75) is 19.6 Å². The highest BCUT2D eigenvalue weighted by molar-refractivity contribution is 5.91. The molecule has 1 heterocycles. The lowest BCUT2D eigenvalue weighted by Crippen LogP contribution is -2.25. The second-order valence-corrected chi connectivity index (χ2v) is 4.93. The smallest absolute Gasteiger partial charge is 0.338 e. The van der Waals surface area contributed by atoms with Crippen molar-refractivity contribution in [2.75, 3.05) is 6.54 Å². The van der Waals surface area contributed by atoms with Crippen molar-refractivity contribution < 1.29 is 9.53 Å². The highest BCUT2D eigenvalue weighted by Gasteiger charge is 2.18. The number of hydrogen-bond acceptors (Lipinski definition) is 3. The molecule has 0 aromatic heterocycles. The summed E-state index contributed by atoms with van der Waals surface area (Å²) in [5, 5.41) is 3.31. The Bertz CT molecular complexity index is 608. The van der Waals surface area contributed by atoms with Gasteiger partial charge in [-0.15, -0.1) is 0 Å². The van der Waals surface area contributed by atoms with Gasteiger partial charge in [0.25, 0.3) is 0 Å². The van der Waals surface area contributed by atoms with Crippen LogP contribution in [0.5, 0.6) is 0 Å². The molecule has 0 bridgehead atoms. The van der Waals surface area contributed by atoms with E-state index in [1.54, 1.807) is 0 Å². The summed E-state index contributed by atoms with van der Waals surface area (Å²) in [6, 6.07) is 15.6. The van der Waals surface area contributed by atoms with E-state index in [-0.39, 0.29) is 5.97 Å². The number of benzene rings is 2. The standard InChI is InChI=1S/C17H17NO2/c19-17(20-12-13-5-2-1-3-6-13)16-8-4-7-14-11-18-10-9-15(14)16/h1-8,18H,9-12H2. The van der Waals surface area contributed by atoms with E-state index in [0.717, 1.165) is 30.6 Å². The minimum atomic E-state index is -0.229. The Kier molecular flexibility index (Phi) is 3.79. The average Bonchev–Trinajstić information content (AvgIpc) is 2.53. The fraction of sp³-hybridized carbons (Fsp3) is 0.235. The number of nitrogens with one attached hydrogen (secondary N) is 1. The quantitative estimate of drug-likeness (QED) is 0.869. The highest BCUT2D eigenvalue weighted by Crippen LogP contribution is 2.19. The maximum absolute atomic E-state index is 12.2. The van der Waals surface area contributed by atoms with Crippen molar-refractivity contribution in [1.82, 2.24) is 5.32 Å². The van der Waals surface area contributed by atoms with Crippen LogP contribution < -0.4 is 5.32 Å². The third-order valence-electron chi connectivity index (χ3n) is 3.57. The van der Waals surface area contributed by atoms with Crippen LogP contribution >= 0.6 is 0 Å². The zero-order valence-electron chi connectivity index (χ0n) is 11.3. The third kappa shape index (κ3) is 2.73. The van der Waals surface area contributed by atoms with Gasteiger partial charge in [-0.3, -0.25) is 0 Å². The molecule has 1 aliphatic heterocycles. The van der Waals surface area contributed by atoms with Crippen molar-refractivity contribution in [1.29, 1.82) is 0 Å². The summed E-state index contributed by atoms with van der Waals surface area (Å²) in [6.45, 7) is 2.06. The predicted molar refractivity (Wildman–Crippen MR) is 77.4 cm³/mol. The fourth-order valence-electron chi connectivity index (χ4n) is 2.52. The van der Waals surface area contributed by atoms with Crippen LogP contribution in [0.3, 0.4) is 0 Å². The van der Waals surface area contributed by atoms with Gasteiger partial charge in [0, 0.05) is 6.54 Å². The molecule has 0 amide bonds. The third-order valence-corrected chi connectivity index (χ3v) is 3.57. The van der Waals surface area contributed by atoms with E-state index in [9.17, 15) is 4.79 Å². The molecule has 0 fully saturated rings. The lowest BCUT2D eigenvalue weighted by molar-refractivity contribution is 0.0471. The molecule has 3 nitrogen and oxygen atoms in total. The van der Waals surface area contributed by atoms with E-state index in [0.29, 0.717) is 12.2 Å². The number of rotatable bonds is 3. The van der Waals surface area contributed by atoms with Crippen molar-refractivity contribution in [3.05, 3.63) is 70.8 Å². The van der Waals surface area contributed by atoms with E-state index < -0.39 is 0 Å². The average molecular weight is 267 g/mol. The summed E-state index contributed by atoms with van der Waals surface area (Å²) in [4.78, 5) is 12.2. The highest BCUT2D eigenvalue weighted by atomic mass is 16.5. The first kappa shape index (κ1) is 12.9. The molecule has 20 heavy (non-hydrogen) atoms. The van der Waals surface area contributed by atoms with E-state index in [1.807, 2.05) is 42.5 Å². The molecule has 0 saturated heterocycles. The SMILES string of the molecule is O=C(OCc1ccccc1)c1cccc2c1CCNC2. The number of esters is 1. The Labute approximate surface area is 118 Å². The van der Waals surface area contributed by atoms with Gasteiger partial charge in [0.15, 0.2) is 0 Å². The van der Waals surface area contributed by atoms with Crippen molar-refractivity contribution in [3.8, 4) is 0 Å². The van der Waals surface area contributed by atoms with Crippen molar-refractivity contribution >= 4 is 5.97 Å². The van der Waals surface area contributed by atoms with Gasteiger partial charge in [0.05, 0.1) is 5.56 Å². The molecule has 0 saturated carbocycles. The monoisotopic (exact) mass is 267 g/mol. The molecule has 0 atom stereocenters. The molecule has 0 spiro atoms. The largest absolute Gasteiger partial charge is 0.457 e. The maximum Gasteiger partial charge on any atom is 0.338 e. The Hall–Kier alpha value is -2.13. The molecular formula is C17H17NO2. The molecule has 0 radical (unpaired) electrons. The number of fused-ring (bicyclic) bond motifs is 1. The van der Waals surface area contributed by atoms with Gasteiger partial charge in [-0.25, -0.2) is 4.79 Å². The molecule has 102 valence electrons. The summed E-state index contributed by atoms with van der Waals surface area (Å²) < 4.78 is 5.42. The number of hydrogen-bond donors (Lipinski definition) is 1. The van der Waals surface area contributed by atoms with E-state index in [4.69, 9.17) is 4.74 Å². The second-order valence-electron chi connectivity index (χ2n) is 4.93. The first-order chi connectivity index (χ1) is 9.84. The van der Waals surface area contributed by atoms with Crippen LogP contribution in [0.1, 0.15) is 27.0 Å². The number of ether oxygens (including phenoxy) is 1. The van der Waals surface area contributed by atoms with Crippen molar-refractivity contribution in [3.63, 3.8) is 0 Å². The van der Waals surface area contributed by atoms with Crippen LogP contribution in [-0.2, 0) is 24.3 Å². The summed E-state index contributed by atoms with van der Waals surface area (Å²) in [5.41, 5.74) is 4.04. The summed E-state index contributed by atoms with van der Waals surface area (Å²) in [5.74, 6) is -0.229. The van der Waals surface area contributed by atoms with Gasteiger partial charge in [0.2, 0.25) is 0 Å². The zero-order chi connectivity index (χ0) is 13.8. The van der Waals surface area contributed by atoms with Crippen LogP contribution in [-0.4, -0.2) is 12.5 Å². The van der Waals surface area contributed by atoms with Crippen LogP contribution in [0.15, 0.2) is 48.5 Å². The van der Waals surface area contributed by atoms with Crippen LogP contribution in [0.2, 0.25) is 0 Å². The first-order valence-electron chi connectivity index (χ1n) is 6.87. The Morgan fingerprint density at radius 2 is 1.95 bits per heavy atom. The molecule has 0 aliphatic carbocycles. The van der Waals surface area contributed by atoms with E-state index in [2.05, 4.69) is 11.4 Å². The van der Waals surface area contributed by atoms with E-state index >= 15 is 0 Å². The van der Waals surface area contributed by atoms with Gasteiger partial charge in [0.1, 0.15) is 6.61 Å². The molecule has 1 N–H and O–H groups in total. The lowest BCUT2D eigenvalue weighted by atomic mass is 9.95. The number of carbonyl (C=O) groups excluding carboxylic acids is 1. The molecular weight excluding hydrogens is 250 g/mol. The van der Waals surface area contributed by atoms with Crippen LogP contribution in [0.4, 0.5) is 0 Å². The summed E-state index contributed by atoms with van der Waals surface area (Å²) >= 11 is 0. The lowest BCUT2D eigenvalue weighted by Gasteiger charge is -2.19. The Balaban J connectivity index is 1.74. The van der Waals surface area contributed by atoms with Gasteiger partial charge >= 0.3 is 5.97 Å². The van der Waals surface area contributed by atoms with Crippen molar-refractivity contribution in [2.24, 2.45) is 0 Å². The molecule has 2 aromatic carbocycles. The molecule has 3 rings (SSSR count). The van der Waals surface area contributed by atoms with Gasteiger partial charge < -0.3 is 10.1 Å². The zero-order valence-corrected chi connectivity index (χ0v) is 11.3. The number of carbonyl (C=O) groups is 1. The Morgan fingerprint density at radius 3 is 2.80 bits per heavy atom. The molecule has 2 aromatic rings. The molecule has 0 unspecified atom stereocenters. The second kappa shape index (κ2) is 5.88. The van der Waals surface area contributed by atoms with Crippen LogP contribution in [0.25, 0.3) is 0 Å². The minimum Gasteiger partial charge on any atom is -0.457 e. The van der Waals surface area contributed by atoms with Gasteiger partial charge in [-0.05, 0) is 35.7 Å². The maximum atomic E-state index is 12.2.